The van der Waals surface area contributed by atoms with Gasteiger partial charge in [-0.2, -0.15) is 0 Å². The summed E-state index contributed by atoms with van der Waals surface area (Å²) in [6.45, 7) is 4.02. The summed E-state index contributed by atoms with van der Waals surface area (Å²) in [4.78, 5) is 31.0. The Morgan fingerprint density at radius 3 is 2.45 bits per heavy atom. The quantitative estimate of drug-likeness (QED) is 0.652. The Hall–Kier alpha value is -2.23. The molecule has 2 atom stereocenters. The van der Waals surface area contributed by atoms with Gasteiger partial charge in [-0.3, -0.25) is 9.79 Å². The van der Waals surface area contributed by atoms with Crippen LogP contribution < -0.4 is 0 Å². The van der Waals surface area contributed by atoms with Crippen LogP contribution in [0.1, 0.15) is 82.3 Å². The van der Waals surface area contributed by atoms with Gasteiger partial charge in [0.25, 0.3) is 0 Å². The fraction of sp³-hybridized carbons (Fsp3) is 0.560. The van der Waals surface area contributed by atoms with Gasteiger partial charge in [0.1, 0.15) is 11.9 Å². The van der Waals surface area contributed by atoms with Crippen LogP contribution in [0.15, 0.2) is 40.5 Å². The largest absolute Gasteiger partial charge is 0.459 e. The van der Waals surface area contributed by atoms with Gasteiger partial charge in [-0.15, -0.1) is 0 Å². The zero-order chi connectivity index (χ0) is 20.4. The molecule has 0 bridgehead atoms. The number of benzene rings is 1. The molecule has 0 saturated heterocycles. The van der Waals surface area contributed by atoms with E-state index < -0.39 is 0 Å². The van der Waals surface area contributed by atoms with E-state index in [4.69, 9.17) is 9.73 Å². The molecular formula is C25H31NO3. The zero-order valence-electron chi connectivity index (χ0n) is 17.6. The van der Waals surface area contributed by atoms with Gasteiger partial charge in [0.15, 0.2) is 0 Å². The van der Waals surface area contributed by atoms with Gasteiger partial charge >= 0.3 is 5.97 Å². The second kappa shape index (κ2) is 8.64. The number of ether oxygens (including phenoxy) is 1. The SMILES string of the molecule is CCc1ccc([C@H]2C(C(=O)OC3CCCCC3)=C(C)N=C3CCCC(=O)C32)cc1. The van der Waals surface area contributed by atoms with Gasteiger partial charge in [0.05, 0.1) is 11.5 Å². The first-order valence-corrected chi connectivity index (χ1v) is 11.2. The summed E-state index contributed by atoms with van der Waals surface area (Å²) in [5.41, 5.74) is 4.52. The summed E-state index contributed by atoms with van der Waals surface area (Å²) in [6, 6.07) is 8.37. The van der Waals surface area contributed by atoms with Crippen LogP contribution in [0.2, 0.25) is 0 Å². The van der Waals surface area contributed by atoms with Gasteiger partial charge < -0.3 is 4.74 Å². The molecule has 29 heavy (non-hydrogen) atoms. The highest BCUT2D eigenvalue weighted by Crippen LogP contribution is 2.43. The lowest BCUT2D eigenvalue weighted by Gasteiger charge is -2.36. The van der Waals surface area contributed by atoms with Gasteiger partial charge in [-0.25, -0.2) is 4.79 Å². The fourth-order valence-electron chi connectivity index (χ4n) is 5.10. The number of ketones is 1. The molecular weight excluding hydrogens is 362 g/mol. The predicted molar refractivity (Wildman–Crippen MR) is 114 cm³/mol. The monoisotopic (exact) mass is 393 g/mol. The lowest BCUT2D eigenvalue weighted by Crippen LogP contribution is -2.39. The van der Waals surface area contributed by atoms with Crippen LogP contribution >= 0.6 is 0 Å². The van der Waals surface area contributed by atoms with E-state index in [0.29, 0.717) is 12.0 Å². The van der Waals surface area contributed by atoms with Gasteiger partial charge in [0, 0.05) is 23.7 Å². The molecule has 2 saturated carbocycles. The maximum atomic E-state index is 13.3. The number of nitrogens with zero attached hydrogens (tertiary/aromatic N) is 1. The first-order chi connectivity index (χ1) is 14.1. The highest BCUT2D eigenvalue weighted by atomic mass is 16.5. The van der Waals surface area contributed by atoms with E-state index in [-0.39, 0.29) is 29.7 Å². The van der Waals surface area contributed by atoms with Crippen molar-refractivity contribution in [1.29, 1.82) is 0 Å². The van der Waals surface area contributed by atoms with Crippen molar-refractivity contribution in [3.8, 4) is 0 Å². The van der Waals surface area contributed by atoms with Crippen LogP contribution in [0.5, 0.6) is 0 Å². The number of hydrogen-bond donors (Lipinski definition) is 0. The standard InChI is InChI=1S/C25H31NO3/c1-3-17-12-14-18(15-13-17)23-22(25(28)29-19-8-5-4-6-9-19)16(2)26-20-10-7-11-21(27)24(20)23/h12-15,19,23-24H,3-11H2,1-2H3/t23-,24?/m0/s1. The maximum absolute atomic E-state index is 13.3. The number of allylic oxidation sites excluding steroid dienone is 1. The molecule has 4 nitrogen and oxygen atoms in total. The number of esters is 1. The van der Waals surface area contributed by atoms with Crippen molar-refractivity contribution in [2.24, 2.45) is 10.9 Å². The van der Waals surface area contributed by atoms with Crippen LogP contribution in [0, 0.1) is 5.92 Å². The molecule has 0 amide bonds. The molecule has 1 heterocycles. The number of aryl methyl sites for hydroxylation is 1. The molecule has 4 rings (SSSR count). The van der Waals surface area contributed by atoms with Crippen molar-refractivity contribution in [2.75, 3.05) is 0 Å². The van der Waals surface area contributed by atoms with Crippen LogP contribution in [0.25, 0.3) is 0 Å². The molecule has 1 aliphatic heterocycles. The molecule has 1 aromatic rings. The predicted octanol–water partition coefficient (Wildman–Crippen LogP) is 5.31. The van der Waals surface area contributed by atoms with Crippen LogP contribution in [-0.4, -0.2) is 23.6 Å². The normalized spacial score (nSPS) is 25.4. The Morgan fingerprint density at radius 2 is 1.76 bits per heavy atom. The zero-order valence-corrected chi connectivity index (χ0v) is 17.6. The smallest absolute Gasteiger partial charge is 0.336 e. The molecule has 0 N–H and O–H groups in total. The number of carbonyl (C=O) groups is 2. The maximum Gasteiger partial charge on any atom is 0.336 e. The summed E-state index contributed by atoms with van der Waals surface area (Å²) < 4.78 is 5.94. The number of rotatable bonds is 4. The number of hydrogen-bond acceptors (Lipinski definition) is 4. The number of Topliss-reactive ketones (excluding diaryl/α,β-unsaturated/α-hetero) is 1. The van der Waals surface area contributed by atoms with Crippen LogP contribution in [0.4, 0.5) is 0 Å². The summed E-state index contributed by atoms with van der Waals surface area (Å²) in [6.07, 6.45) is 8.52. The second-order valence-corrected chi connectivity index (χ2v) is 8.64. The van der Waals surface area contributed by atoms with Crippen molar-refractivity contribution in [3.63, 3.8) is 0 Å². The lowest BCUT2D eigenvalue weighted by molar-refractivity contribution is -0.146. The summed E-state index contributed by atoms with van der Waals surface area (Å²) in [5, 5.41) is 0. The Bertz CT molecular complexity index is 843. The molecule has 2 aliphatic carbocycles. The Labute approximate surface area is 173 Å². The topological polar surface area (TPSA) is 55.7 Å². The minimum atomic E-state index is -0.325. The molecule has 4 heteroatoms. The highest BCUT2D eigenvalue weighted by molar-refractivity contribution is 6.11. The summed E-state index contributed by atoms with van der Waals surface area (Å²) in [7, 11) is 0. The Balaban J connectivity index is 1.72. The van der Waals surface area contributed by atoms with E-state index in [9.17, 15) is 9.59 Å². The van der Waals surface area contributed by atoms with Crippen molar-refractivity contribution in [3.05, 3.63) is 46.7 Å². The summed E-state index contributed by atoms with van der Waals surface area (Å²) >= 11 is 0. The van der Waals surface area contributed by atoms with Crippen molar-refractivity contribution in [1.82, 2.24) is 0 Å². The number of carbonyl (C=O) groups excluding carboxylic acids is 2. The molecule has 1 unspecified atom stereocenters. The van der Waals surface area contributed by atoms with Crippen LogP contribution in [0.3, 0.4) is 0 Å². The van der Waals surface area contributed by atoms with Gasteiger partial charge in [-0.05, 0) is 63.0 Å². The number of fused-ring (bicyclic) bond motifs is 1. The third kappa shape index (κ3) is 4.08. The Kier molecular flexibility index (Phi) is 5.98. The molecule has 3 aliphatic rings. The fourth-order valence-corrected chi connectivity index (χ4v) is 5.10. The van der Waals surface area contributed by atoms with Crippen molar-refractivity contribution in [2.45, 2.75) is 83.7 Å². The van der Waals surface area contributed by atoms with E-state index in [2.05, 4.69) is 31.2 Å². The highest BCUT2D eigenvalue weighted by Gasteiger charge is 2.44. The second-order valence-electron chi connectivity index (χ2n) is 8.64. The van der Waals surface area contributed by atoms with Crippen LogP contribution in [-0.2, 0) is 20.7 Å². The third-order valence-corrected chi connectivity index (χ3v) is 6.70. The third-order valence-electron chi connectivity index (χ3n) is 6.70. The lowest BCUT2D eigenvalue weighted by atomic mass is 9.69. The van der Waals surface area contributed by atoms with E-state index in [1.54, 1.807) is 0 Å². The average molecular weight is 394 g/mol. The molecule has 1 aromatic carbocycles. The van der Waals surface area contributed by atoms with E-state index >= 15 is 0 Å². The van der Waals surface area contributed by atoms with Gasteiger partial charge in [-0.1, -0.05) is 37.6 Å². The first kappa shape index (κ1) is 20.1. The molecule has 0 spiro atoms. The van der Waals surface area contributed by atoms with Crippen molar-refractivity contribution < 1.29 is 14.3 Å². The average Bonchev–Trinajstić information content (AvgIpc) is 2.73. The van der Waals surface area contributed by atoms with Crippen molar-refractivity contribution >= 4 is 17.5 Å². The minimum Gasteiger partial charge on any atom is -0.459 e. The van der Waals surface area contributed by atoms with Gasteiger partial charge in [0.2, 0.25) is 0 Å². The Morgan fingerprint density at radius 1 is 1.03 bits per heavy atom. The minimum absolute atomic E-state index is 0.00731. The van der Waals surface area contributed by atoms with E-state index in [0.717, 1.165) is 61.9 Å². The summed E-state index contributed by atoms with van der Waals surface area (Å²) in [5.74, 6) is -0.679. The molecule has 0 aromatic heterocycles. The first-order valence-electron chi connectivity index (χ1n) is 11.2. The number of aliphatic imine (C=N–C) groups is 1. The molecule has 0 radical (unpaired) electrons. The molecule has 2 fully saturated rings. The van der Waals surface area contributed by atoms with E-state index in [1.165, 1.54) is 12.0 Å². The molecule has 154 valence electrons. The van der Waals surface area contributed by atoms with E-state index in [1.807, 2.05) is 6.92 Å².